The summed E-state index contributed by atoms with van der Waals surface area (Å²) in [5, 5.41) is 14.1. The van der Waals surface area contributed by atoms with Crippen LogP contribution in [0.5, 0.6) is 0 Å². The number of hydrogen-bond acceptors (Lipinski definition) is 4. The average Bonchev–Trinajstić information content (AvgIpc) is 2.41. The highest BCUT2D eigenvalue weighted by atomic mass is 32.2. The van der Waals surface area contributed by atoms with Gasteiger partial charge >= 0.3 is 0 Å². The van der Waals surface area contributed by atoms with Gasteiger partial charge in [0.1, 0.15) is 5.69 Å². The Labute approximate surface area is 125 Å². The third-order valence-electron chi connectivity index (χ3n) is 2.93. The quantitative estimate of drug-likeness (QED) is 0.408. The zero-order chi connectivity index (χ0) is 15.0. The van der Waals surface area contributed by atoms with Crippen molar-refractivity contribution in [2.45, 2.75) is 39.4 Å². The van der Waals surface area contributed by atoms with Gasteiger partial charge in [0.2, 0.25) is 0 Å². The van der Waals surface area contributed by atoms with Crippen LogP contribution in [0.1, 0.15) is 39.2 Å². The highest BCUT2D eigenvalue weighted by Gasteiger charge is 2.13. The third kappa shape index (κ3) is 5.82. The fourth-order valence-corrected chi connectivity index (χ4v) is 2.94. The first-order valence-corrected chi connectivity index (χ1v) is 8.29. The first-order valence-electron chi connectivity index (χ1n) is 7.13. The van der Waals surface area contributed by atoms with Gasteiger partial charge in [0, 0.05) is 18.4 Å². The topological polar surface area (TPSA) is 55.2 Å². The molecule has 0 aliphatic heterocycles. The molecule has 0 fully saturated rings. The van der Waals surface area contributed by atoms with Gasteiger partial charge in [-0.3, -0.25) is 10.1 Å². The van der Waals surface area contributed by atoms with Gasteiger partial charge in [-0.15, -0.1) is 0 Å². The molecule has 0 amide bonds. The number of anilines is 1. The van der Waals surface area contributed by atoms with E-state index in [9.17, 15) is 10.1 Å². The van der Waals surface area contributed by atoms with Gasteiger partial charge in [0.25, 0.3) is 5.69 Å². The van der Waals surface area contributed by atoms with E-state index in [0.29, 0.717) is 5.69 Å². The lowest BCUT2D eigenvalue weighted by Gasteiger charge is -2.09. The van der Waals surface area contributed by atoms with Crippen molar-refractivity contribution in [2.75, 3.05) is 17.6 Å². The molecule has 0 unspecified atom stereocenters. The van der Waals surface area contributed by atoms with Crippen molar-refractivity contribution < 1.29 is 4.92 Å². The van der Waals surface area contributed by atoms with Crippen molar-refractivity contribution in [1.82, 2.24) is 0 Å². The van der Waals surface area contributed by atoms with Crippen molar-refractivity contribution in [2.24, 2.45) is 5.92 Å². The van der Waals surface area contributed by atoms with Gasteiger partial charge in [-0.1, -0.05) is 26.8 Å². The molecule has 4 nitrogen and oxygen atoms in total. The van der Waals surface area contributed by atoms with E-state index in [2.05, 4.69) is 19.2 Å². The summed E-state index contributed by atoms with van der Waals surface area (Å²) < 4.78 is 0. The first-order chi connectivity index (χ1) is 9.54. The molecule has 0 saturated heterocycles. The number of hydrogen-bond donors (Lipinski definition) is 1. The van der Waals surface area contributed by atoms with Crippen LogP contribution in [0.2, 0.25) is 0 Å². The monoisotopic (exact) mass is 296 g/mol. The number of rotatable bonds is 9. The molecule has 5 heteroatoms. The summed E-state index contributed by atoms with van der Waals surface area (Å²) in [4.78, 5) is 10.7. The largest absolute Gasteiger partial charge is 0.379 e. The van der Waals surface area contributed by atoms with Crippen molar-refractivity contribution in [3.8, 4) is 0 Å². The standard InChI is InChI=1S/C15H24N2O2S/c1-4-8-16-14-10-13(5-6-15(14)17(18)19)11-20-9-7-12(2)3/h5-6,10,12,16H,4,7-9,11H2,1-3H3. The molecular formula is C15H24N2O2S. The number of nitrogens with zero attached hydrogens (tertiary/aromatic N) is 1. The highest BCUT2D eigenvalue weighted by molar-refractivity contribution is 7.98. The summed E-state index contributed by atoms with van der Waals surface area (Å²) in [6.45, 7) is 7.24. The molecule has 0 atom stereocenters. The molecule has 0 aliphatic rings. The van der Waals surface area contributed by atoms with Gasteiger partial charge in [-0.05, 0) is 36.1 Å². The van der Waals surface area contributed by atoms with E-state index in [4.69, 9.17) is 0 Å². The van der Waals surface area contributed by atoms with Crippen LogP contribution in [0.3, 0.4) is 0 Å². The second-order valence-corrected chi connectivity index (χ2v) is 6.38. The fraction of sp³-hybridized carbons (Fsp3) is 0.600. The minimum absolute atomic E-state index is 0.161. The minimum atomic E-state index is -0.326. The molecule has 1 aromatic carbocycles. The van der Waals surface area contributed by atoms with E-state index in [1.54, 1.807) is 6.07 Å². The van der Waals surface area contributed by atoms with Gasteiger partial charge < -0.3 is 5.32 Å². The van der Waals surface area contributed by atoms with Crippen LogP contribution in [-0.2, 0) is 5.75 Å². The Morgan fingerprint density at radius 2 is 2.15 bits per heavy atom. The summed E-state index contributed by atoms with van der Waals surface area (Å²) >= 11 is 1.88. The van der Waals surface area contributed by atoms with Crippen LogP contribution in [-0.4, -0.2) is 17.2 Å². The van der Waals surface area contributed by atoms with Gasteiger partial charge in [0.05, 0.1) is 4.92 Å². The summed E-state index contributed by atoms with van der Waals surface area (Å²) in [5.74, 6) is 2.76. The molecular weight excluding hydrogens is 272 g/mol. The van der Waals surface area contributed by atoms with E-state index < -0.39 is 0 Å². The molecule has 1 rings (SSSR count). The van der Waals surface area contributed by atoms with Crippen LogP contribution in [0, 0.1) is 16.0 Å². The number of nitro benzene ring substituents is 1. The summed E-state index contributed by atoms with van der Waals surface area (Å²) in [6.07, 6.45) is 2.16. The Kier molecular flexibility index (Phi) is 7.44. The second kappa shape index (κ2) is 8.84. The maximum absolute atomic E-state index is 11.0. The number of nitro groups is 1. The summed E-state index contributed by atoms with van der Waals surface area (Å²) in [5.41, 5.74) is 1.94. The molecule has 0 spiro atoms. The van der Waals surface area contributed by atoms with E-state index in [1.165, 1.54) is 6.42 Å². The van der Waals surface area contributed by atoms with E-state index >= 15 is 0 Å². The van der Waals surface area contributed by atoms with E-state index in [-0.39, 0.29) is 10.6 Å². The summed E-state index contributed by atoms with van der Waals surface area (Å²) in [6, 6.07) is 5.38. The maximum atomic E-state index is 11.0. The van der Waals surface area contributed by atoms with Crippen LogP contribution in [0.4, 0.5) is 11.4 Å². The number of thioether (sulfide) groups is 1. The first kappa shape index (κ1) is 16.8. The Morgan fingerprint density at radius 3 is 2.75 bits per heavy atom. The van der Waals surface area contributed by atoms with Gasteiger partial charge in [0.15, 0.2) is 0 Å². The lowest BCUT2D eigenvalue weighted by Crippen LogP contribution is -2.03. The van der Waals surface area contributed by atoms with E-state index in [1.807, 2.05) is 30.8 Å². The summed E-state index contributed by atoms with van der Waals surface area (Å²) in [7, 11) is 0. The smallest absolute Gasteiger partial charge is 0.292 e. The van der Waals surface area contributed by atoms with Crippen LogP contribution < -0.4 is 5.32 Å². The Balaban J connectivity index is 2.66. The molecule has 1 aromatic rings. The molecule has 0 aromatic heterocycles. The van der Waals surface area contributed by atoms with Crippen LogP contribution >= 0.6 is 11.8 Å². The number of nitrogens with one attached hydrogen (secondary N) is 1. The molecule has 20 heavy (non-hydrogen) atoms. The zero-order valence-corrected chi connectivity index (χ0v) is 13.3. The molecule has 0 heterocycles. The van der Waals surface area contributed by atoms with Crippen molar-refractivity contribution in [3.63, 3.8) is 0 Å². The van der Waals surface area contributed by atoms with Crippen molar-refractivity contribution in [1.29, 1.82) is 0 Å². The Hall–Kier alpha value is -1.23. The Bertz CT molecular complexity index is 436. The third-order valence-corrected chi connectivity index (χ3v) is 3.99. The highest BCUT2D eigenvalue weighted by Crippen LogP contribution is 2.27. The Morgan fingerprint density at radius 1 is 1.40 bits per heavy atom. The normalized spacial score (nSPS) is 10.8. The van der Waals surface area contributed by atoms with Crippen LogP contribution in [0.15, 0.2) is 18.2 Å². The molecule has 0 radical (unpaired) electrons. The average molecular weight is 296 g/mol. The molecule has 0 bridgehead atoms. The SMILES string of the molecule is CCCNc1cc(CSCCC(C)C)ccc1[N+](=O)[O-]. The molecule has 0 saturated carbocycles. The second-order valence-electron chi connectivity index (χ2n) is 5.27. The molecule has 0 aliphatic carbocycles. The maximum Gasteiger partial charge on any atom is 0.292 e. The van der Waals surface area contributed by atoms with Crippen molar-refractivity contribution >= 4 is 23.1 Å². The lowest BCUT2D eigenvalue weighted by molar-refractivity contribution is -0.384. The van der Waals surface area contributed by atoms with Crippen LogP contribution in [0.25, 0.3) is 0 Å². The molecule has 1 N–H and O–H groups in total. The molecule has 112 valence electrons. The fourth-order valence-electron chi connectivity index (χ4n) is 1.74. The zero-order valence-electron chi connectivity index (χ0n) is 12.5. The van der Waals surface area contributed by atoms with Gasteiger partial charge in [-0.25, -0.2) is 0 Å². The predicted octanol–water partition coefficient (Wildman–Crippen LogP) is 4.70. The van der Waals surface area contributed by atoms with Crippen molar-refractivity contribution in [3.05, 3.63) is 33.9 Å². The lowest BCUT2D eigenvalue weighted by atomic mass is 10.2. The number of benzene rings is 1. The minimum Gasteiger partial charge on any atom is -0.379 e. The predicted molar refractivity (Wildman–Crippen MR) is 87.5 cm³/mol. The van der Waals surface area contributed by atoms with Gasteiger partial charge in [-0.2, -0.15) is 11.8 Å². The van der Waals surface area contributed by atoms with E-state index in [0.717, 1.165) is 36.0 Å².